The first-order valence-corrected chi connectivity index (χ1v) is 56.4. The van der Waals surface area contributed by atoms with Gasteiger partial charge in [0.25, 0.3) is 0 Å². The molecule has 854 valence electrons. The minimum Gasteiger partial charge on any atom is -0.452 e. The summed E-state index contributed by atoms with van der Waals surface area (Å²) in [6.07, 6.45) is 39.8. The SMILES string of the molecule is C=C1C=CC=CN1C.CC.CC.CC.CC.CC.CC.CC.CC.CC.CC.CC.CC.CC(C)(C)C.CC(C)(C)C.CC(C)C.CC(C)C.CC(C)C.CC(C)C.CC(C)C.CC(C)C.CC(C)C.CC(C)C.CC(C)C.CC(C)C.Cn1cccn1.Cn1ccnc1.Cn1ccnn1.Cn1cncn1.Cn1nccn1.c1ccncc1.c1cnsc1.c1cocn1.c1cscn1.c1ncsn1.c1nncs1. The van der Waals surface area contributed by atoms with Gasteiger partial charge in [0.2, 0.25) is 0 Å². The van der Waals surface area contributed by atoms with Crippen molar-refractivity contribution in [3.05, 3.63) is 218 Å². The molecule has 23 nitrogen and oxygen atoms in total. The van der Waals surface area contributed by atoms with Gasteiger partial charge in [-0.15, -0.1) is 38.0 Å². The van der Waals surface area contributed by atoms with Crippen LogP contribution < -0.4 is 0 Å². The quantitative estimate of drug-likeness (QED) is 0.137. The van der Waals surface area contributed by atoms with E-state index in [9.17, 15) is 0 Å². The van der Waals surface area contributed by atoms with E-state index >= 15 is 0 Å². The molecule has 0 bridgehead atoms. The molecule has 0 N–H and O–H groups in total. The summed E-state index contributed by atoms with van der Waals surface area (Å²) in [5.74, 6) is 8.33. The summed E-state index contributed by atoms with van der Waals surface area (Å²) in [4.78, 5) is 25.6. The highest BCUT2D eigenvalue weighted by molar-refractivity contribution is 7.07. The van der Waals surface area contributed by atoms with E-state index in [0.717, 1.165) is 64.9 Å². The van der Waals surface area contributed by atoms with E-state index in [2.05, 4.69) is 354 Å². The molecular formula is C116H250N22OS4. The summed E-state index contributed by atoms with van der Waals surface area (Å²) >= 11 is 5.91. The van der Waals surface area contributed by atoms with Crippen molar-refractivity contribution in [1.82, 2.24) is 108 Å². The Morgan fingerprint density at radius 1 is 0.294 bits per heavy atom. The van der Waals surface area contributed by atoms with Gasteiger partial charge in [-0.05, 0) is 129 Å². The monoisotopic (exact) mass is 2100 g/mol. The zero-order valence-corrected chi connectivity index (χ0v) is 111. The summed E-state index contributed by atoms with van der Waals surface area (Å²) in [6.45, 7) is 134. The van der Waals surface area contributed by atoms with E-state index in [0.29, 0.717) is 10.8 Å². The first-order valence-electron chi connectivity index (χ1n) is 52.8. The predicted molar refractivity (Wildman–Crippen MR) is 661 cm³/mol. The Balaban J connectivity index is -0.0000000466. The number of aryl methyl sites for hydroxylation is 5. The summed E-state index contributed by atoms with van der Waals surface area (Å²) < 4.78 is 18.8. The molecule has 0 spiro atoms. The molecule has 0 fully saturated rings. The molecule has 0 amide bonds. The van der Waals surface area contributed by atoms with Gasteiger partial charge in [0, 0.05) is 121 Å². The minimum absolute atomic E-state index is 0.500. The molecule has 27 heteroatoms. The first-order chi connectivity index (χ1) is 67.1. The fraction of sp³-hybridized carbons (Fsp3) is 0.690. The number of allylic oxidation sites excluding steroid dienone is 3. The number of hydrogen-bond acceptors (Lipinski definition) is 22. The average Bonchev–Trinajstić information content (AvgIpc) is 1.62. The first kappa shape index (κ1) is 196. The van der Waals surface area contributed by atoms with Gasteiger partial charge in [-0.3, -0.25) is 24.0 Å². The molecule has 0 saturated heterocycles. The van der Waals surface area contributed by atoms with E-state index in [-0.39, 0.29) is 0 Å². The maximum absolute atomic E-state index is 4.47. The zero-order chi connectivity index (χ0) is 119. The molecule has 0 aromatic carbocycles. The van der Waals surface area contributed by atoms with Crippen molar-refractivity contribution in [3.63, 3.8) is 0 Å². The fourth-order valence-electron chi connectivity index (χ4n) is 3.16. The van der Waals surface area contributed by atoms with Crippen LogP contribution >= 0.6 is 45.7 Å². The van der Waals surface area contributed by atoms with Crippen LogP contribution in [0.1, 0.15) is 429 Å². The Bertz CT molecular complexity index is 2670. The average molecular weight is 2100 g/mol. The van der Waals surface area contributed by atoms with Crippen LogP contribution in [0.5, 0.6) is 0 Å². The Hall–Kier alpha value is -8.40. The smallest absolute Gasteiger partial charge is 0.180 e. The van der Waals surface area contributed by atoms with Crippen LogP contribution in [-0.4, -0.2) is 115 Å². The third-order valence-corrected chi connectivity index (χ3v) is 8.13. The summed E-state index contributed by atoms with van der Waals surface area (Å²) in [5, 5.41) is 33.0. The number of likely N-dealkylation sites (N-methyl/N-ethyl adjacent to an activating group) is 1. The van der Waals surface area contributed by atoms with Gasteiger partial charge in [0.15, 0.2) is 6.39 Å². The lowest BCUT2D eigenvalue weighted by Gasteiger charge is -2.15. The molecule has 12 rings (SSSR count). The van der Waals surface area contributed by atoms with E-state index in [4.69, 9.17) is 0 Å². The molecule has 1 aliphatic rings. The van der Waals surface area contributed by atoms with Crippen LogP contribution in [-0.2, 0) is 35.2 Å². The van der Waals surface area contributed by atoms with Crippen LogP contribution in [0.25, 0.3) is 0 Å². The molecule has 0 radical (unpaired) electrons. The summed E-state index contributed by atoms with van der Waals surface area (Å²) in [6, 6.07) is 9.51. The number of imidazole rings is 1. The van der Waals surface area contributed by atoms with Crippen molar-refractivity contribution in [1.29, 1.82) is 0 Å². The van der Waals surface area contributed by atoms with E-state index in [1.165, 1.54) is 64.5 Å². The molecule has 0 aliphatic carbocycles. The highest BCUT2D eigenvalue weighted by atomic mass is 32.1. The van der Waals surface area contributed by atoms with Crippen molar-refractivity contribution in [3.8, 4) is 0 Å². The Kier molecular flexibility index (Phi) is 269. The molecule has 11 aromatic heterocycles. The number of oxazole rings is 1. The van der Waals surface area contributed by atoms with Crippen molar-refractivity contribution >= 4 is 45.7 Å². The lowest BCUT2D eigenvalue weighted by Crippen LogP contribution is -2.08. The molecule has 11 aromatic rings. The van der Waals surface area contributed by atoms with Crippen molar-refractivity contribution in [2.24, 2.45) is 105 Å². The third kappa shape index (κ3) is 492. The molecule has 143 heavy (non-hydrogen) atoms. The number of hydrogen-bond donors (Lipinski definition) is 0. The lowest BCUT2D eigenvalue weighted by molar-refractivity contribution is 0.469. The zero-order valence-electron chi connectivity index (χ0n) is 107. The second-order valence-corrected chi connectivity index (χ2v) is 37.7. The van der Waals surface area contributed by atoms with Crippen LogP contribution in [0.4, 0.5) is 0 Å². The van der Waals surface area contributed by atoms with Gasteiger partial charge in [0.1, 0.15) is 41.8 Å². The Labute approximate surface area is 911 Å². The van der Waals surface area contributed by atoms with E-state index in [1.54, 1.807) is 135 Å². The van der Waals surface area contributed by atoms with Gasteiger partial charge >= 0.3 is 0 Å². The van der Waals surface area contributed by atoms with Crippen LogP contribution in [0, 0.1) is 70.0 Å². The Morgan fingerprint density at radius 3 is 0.783 bits per heavy atom. The normalized spacial score (nSPS) is 8.43. The minimum atomic E-state index is 0.500. The van der Waals surface area contributed by atoms with Crippen LogP contribution in [0.3, 0.4) is 0 Å². The number of pyridine rings is 1. The molecule has 12 heterocycles. The number of aromatic nitrogens is 21. The number of nitrogens with zero attached hydrogens (tertiary/aromatic N) is 22. The molecule has 0 unspecified atom stereocenters. The predicted octanol–water partition coefficient (Wildman–Crippen LogP) is 40.0. The van der Waals surface area contributed by atoms with Gasteiger partial charge in [-0.2, -0.15) is 29.6 Å². The third-order valence-electron chi connectivity index (χ3n) is 6.22. The Morgan fingerprint density at radius 2 is 0.685 bits per heavy atom. The maximum atomic E-state index is 4.47. The van der Waals surface area contributed by atoms with Crippen molar-refractivity contribution in [2.45, 2.75) is 429 Å². The standard InChI is InChI=1S/C7H9N.C5H5N.2C5H12.2C4H6N2.10C4H10.3C3H5N3.C3H3NO.2C3H3NS.2C2H2N2S.12C2H6/c1-7-5-3-4-6-8(7)2;1-2-4-6-5-3-1;2*1-5(2,3)4;1-6-3-2-5-4-6;1-6-4-2-3-5-6;10*1-4(2)3;1-6-3-4-2-5-6;1-6-3-2-4-5-6;1-6-4-2-3-5-6;2*1-2-5-3-4-1;1-2-4-5-3-1;1-3-4-2-5-1;1-3-2-5-4-1;12*1-2/h3-6H,1H2,2H3;1-5H;2*1-4H3;2*2-4H,1H3;10*4H,1-3H3;3*2-3H,1H3;3*1-3H;2*1-2H;12*1-2H3. The van der Waals surface area contributed by atoms with E-state index in [1.807, 2.05) is 289 Å². The van der Waals surface area contributed by atoms with Gasteiger partial charge < -0.3 is 13.9 Å². The van der Waals surface area contributed by atoms with Gasteiger partial charge in [-0.1, -0.05) is 453 Å². The molecular weight excluding hydrogens is 1850 g/mol. The second-order valence-electron chi connectivity index (χ2n) is 34.9. The highest BCUT2D eigenvalue weighted by Crippen LogP contribution is 2.09. The van der Waals surface area contributed by atoms with Crippen LogP contribution in [0.2, 0.25) is 0 Å². The summed E-state index contributed by atoms with van der Waals surface area (Å²) in [7, 11) is 11.2. The number of thiazole rings is 1. The van der Waals surface area contributed by atoms with Crippen LogP contribution in [0.15, 0.2) is 223 Å². The van der Waals surface area contributed by atoms with Gasteiger partial charge in [0.05, 0.1) is 36.6 Å². The molecule has 1 aliphatic heterocycles. The molecule has 0 saturated carbocycles. The topological polar surface area (TPSA) is 247 Å². The largest absolute Gasteiger partial charge is 0.452 e. The number of rotatable bonds is 0. The van der Waals surface area contributed by atoms with Crippen molar-refractivity contribution in [2.75, 3.05) is 7.05 Å². The van der Waals surface area contributed by atoms with Gasteiger partial charge in [-0.25, -0.2) is 24.3 Å². The van der Waals surface area contributed by atoms with Crippen molar-refractivity contribution < 1.29 is 4.42 Å². The summed E-state index contributed by atoms with van der Waals surface area (Å²) in [5.41, 5.74) is 8.87. The second kappa shape index (κ2) is 196. The highest BCUT2D eigenvalue weighted by Gasteiger charge is 1.96. The lowest BCUT2D eigenvalue weighted by atomic mass is 10.0. The fourth-order valence-corrected chi connectivity index (χ4v) is 4.41. The molecule has 0 atom stereocenters. The maximum Gasteiger partial charge on any atom is 0.180 e. The van der Waals surface area contributed by atoms with E-state index < -0.39 is 0 Å².